The summed E-state index contributed by atoms with van der Waals surface area (Å²) in [4.78, 5) is 19.8. The standard InChI is InChI=1S/C25H30N8O2/c1-17-13-18(5-6-19(17)14-26-24(34)20-15-33(30-29-20)25(2,3)4)23-21-7-8-27-32(21)16-22(28-23)31-9-11-35-12-10-31/h5-8,13,15-16H,9-12,14H2,1-4H3,(H,26,34). The number of anilines is 1. The summed E-state index contributed by atoms with van der Waals surface area (Å²) in [6, 6.07) is 8.16. The molecule has 4 aromatic rings. The van der Waals surface area contributed by atoms with Gasteiger partial charge in [0.2, 0.25) is 0 Å². The van der Waals surface area contributed by atoms with Gasteiger partial charge in [0.25, 0.3) is 5.91 Å². The van der Waals surface area contributed by atoms with E-state index < -0.39 is 0 Å². The molecule has 5 rings (SSSR count). The average molecular weight is 475 g/mol. The summed E-state index contributed by atoms with van der Waals surface area (Å²) in [7, 11) is 0. The third kappa shape index (κ3) is 4.74. The number of ether oxygens (including phenoxy) is 1. The average Bonchev–Trinajstić information content (AvgIpc) is 3.53. The van der Waals surface area contributed by atoms with Gasteiger partial charge in [0.1, 0.15) is 5.82 Å². The molecule has 0 bridgehead atoms. The van der Waals surface area contributed by atoms with Crippen LogP contribution in [-0.2, 0) is 16.8 Å². The van der Waals surface area contributed by atoms with Gasteiger partial charge in [-0.2, -0.15) is 5.10 Å². The van der Waals surface area contributed by atoms with Gasteiger partial charge in [0.15, 0.2) is 5.69 Å². The molecule has 1 aliphatic heterocycles. The van der Waals surface area contributed by atoms with Crippen molar-refractivity contribution in [3.63, 3.8) is 0 Å². The fraction of sp³-hybridized carbons (Fsp3) is 0.400. The van der Waals surface area contributed by atoms with E-state index in [1.54, 1.807) is 17.1 Å². The largest absolute Gasteiger partial charge is 0.378 e. The van der Waals surface area contributed by atoms with Gasteiger partial charge in [-0.25, -0.2) is 14.2 Å². The van der Waals surface area contributed by atoms with Crippen molar-refractivity contribution in [2.75, 3.05) is 31.2 Å². The maximum absolute atomic E-state index is 12.6. The smallest absolute Gasteiger partial charge is 0.273 e. The Hall–Kier alpha value is -3.79. The van der Waals surface area contributed by atoms with Crippen LogP contribution in [0.15, 0.2) is 42.9 Å². The number of amides is 1. The van der Waals surface area contributed by atoms with Crippen molar-refractivity contribution in [3.05, 3.63) is 59.7 Å². The van der Waals surface area contributed by atoms with E-state index in [4.69, 9.17) is 9.72 Å². The summed E-state index contributed by atoms with van der Waals surface area (Å²) in [6.07, 6.45) is 5.43. The summed E-state index contributed by atoms with van der Waals surface area (Å²) < 4.78 is 9.06. The molecule has 4 heterocycles. The van der Waals surface area contributed by atoms with Crippen LogP contribution >= 0.6 is 0 Å². The fourth-order valence-electron chi connectivity index (χ4n) is 4.08. The molecule has 0 atom stereocenters. The Kier molecular flexibility index (Phi) is 5.98. The van der Waals surface area contributed by atoms with Crippen LogP contribution < -0.4 is 10.2 Å². The van der Waals surface area contributed by atoms with Gasteiger partial charge in [-0.3, -0.25) is 4.79 Å². The Morgan fingerprint density at radius 1 is 1.14 bits per heavy atom. The number of hydrogen-bond acceptors (Lipinski definition) is 7. The number of benzene rings is 1. The third-order valence-corrected chi connectivity index (χ3v) is 6.18. The Labute approximate surface area is 203 Å². The molecule has 1 aliphatic rings. The number of carbonyl (C=O) groups excluding carboxylic acids is 1. The highest BCUT2D eigenvalue weighted by molar-refractivity contribution is 5.91. The zero-order chi connectivity index (χ0) is 24.6. The van der Waals surface area contributed by atoms with Gasteiger partial charge in [-0.05, 0) is 51.0 Å². The Morgan fingerprint density at radius 3 is 2.66 bits per heavy atom. The van der Waals surface area contributed by atoms with Gasteiger partial charge in [0, 0.05) is 25.2 Å². The molecule has 182 valence electrons. The van der Waals surface area contributed by atoms with Gasteiger partial charge in [0.05, 0.1) is 48.6 Å². The van der Waals surface area contributed by atoms with Crippen molar-refractivity contribution < 1.29 is 9.53 Å². The van der Waals surface area contributed by atoms with Crippen LogP contribution in [0.2, 0.25) is 0 Å². The molecular formula is C25H30N8O2. The number of aromatic nitrogens is 6. The zero-order valence-electron chi connectivity index (χ0n) is 20.5. The number of carbonyl (C=O) groups is 1. The van der Waals surface area contributed by atoms with Gasteiger partial charge in [-0.1, -0.05) is 17.3 Å². The van der Waals surface area contributed by atoms with Crippen molar-refractivity contribution in [2.45, 2.75) is 39.8 Å². The summed E-state index contributed by atoms with van der Waals surface area (Å²) in [5.74, 6) is 0.640. The number of fused-ring (bicyclic) bond motifs is 1. The minimum absolute atomic E-state index is 0.230. The van der Waals surface area contributed by atoms with Gasteiger partial charge >= 0.3 is 0 Å². The first-order valence-corrected chi connectivity index (χ1v) is 11.8. The quantitative estimate of drug-likeness (QED) is 0.474. The Balaban J connectivity index is 1.36. The van der Waals surface area contributed by atoms with Crippen LogP contribution in [0.3, 0.4) is 0 Å². The minimum Gasteiger partial charge on any atom is -0.378 e. The maximum Gasteiger partial charge on any atom is 0.273 e. The molecule has 35 heavy (non-hydrogen) atoms. The summed E-state index contributed by atoms with van der Waals surface area (Å²) >= 11 is 0. The molecule has 1 N–H and O–H groups in total. The fourth-order valence-corrected chi connectivity index (χ4v) is 4.08. The molecule has 3 aromatic heterocycles. The highest BCUT2D eigenvalue weighted by atomic mass is 16.5. The summed E-state index contributed by atoms with van der Waals surface area (Å²) in [5.41, 5.74) is 5.00. The first-order chi connectivity index (χ1) is 16.8. The number of morpholine rings is 1. The van der Waals surface area contributed by atoms with E-state index in [-0.39, 0.29) is 11.4 Å². The van der Waals surface area contributed by atoms with Gasteiger partial charge < -0.3 is 15.0 Å². The van der Waals surface area contributed by atoms with E-state index in [1.165, 1.54) is 0 Å². The number of nitrogens with zero attached hydrogens (tertiary/aromatic N) is 7. The Morgan fingerprint density at radius 2 is 1.94 bits per heavy atom. The number of hydrogen-bond donors (Lipinski definition) is 1. The van der Waals surface area contributed by atoms with Gasteiger partial charge in [-0.15, -0.1) is 5.10 Å². The lowest BCUT2D eigenvalue weighted by Gasteiger charge is -2.28. The lowest BCUT2D eigenvalue weighted by Crippen LogP contribution is -2.37. The van der Waals surface area contributed by atoms with E-state index in [9.17, 15) is 4.79 Å². The van der Waals surface area contributed by atoms with Crippen molar-refractivity contribution in [3.8, 4) is 11.3 Å². The SMILES string of the molecule is Cc1cc(-c2nc(N3CCOCC3)cn3nccc23)ccc1CNC(=O)c1cn(C(C)(C)C)nn1. The second kappa shape index (κ2) is 9.10. The molecule has 0 spiro atoms. The van der Waals surface area contributed by atoms with E-state index in [1.807, 2.05) is 56.6 Å². The van der Waals surface area contributed by atoms with Crippen LogP contribution in [0.5, 0.6) is 0 Å². The number of nitrogens with one attached hydrogen (secondary N) is 1. The van der Waals surface area contributed by atoms with Crippen LogP contribution in [0.1, 0.15) is 42.4 Å². The molecule has 1 aromatic carbocycles. The monoisotopic (exact) mass is 474 g/mol. The lowest BCUT2D eigenvalue weighted by atomic mass is 10.0. The minimum atomic E-state index is -0.246. The molecule has 0 aliphatic carbocycles. The lowest BCUT2D eigenvalue weighted by molar-refractivity contribution is 0.0945. The first kappa shape index (κ1) is 23.0. The van der Waals surface area contributed by atoms with Crippen molar-refractivity contribution >= 4 is 17.2 Å². The predicted octanol–water partition coefficient (Wildman–Crippen LogP) is 2.82. The third-order valence-electron chi connectivity index (χ3n) is 6.18. The number of aryl methyl sites for hydroxylation is 1. The molecule has 1 saturated heterocycles. The van der Waals surface area contributed by atoms with E-state index in [0.29, 0.717) is 25.5 Å². The highest BCUT2D eigenvalue weighted by Gasteiger charge is 2.19. The van der Waals surface area contributed by atoms with Crippen LogP contribution in [0.4, 0.5) is 5.82 Å². The molecule has 1 fully saturated rings. The molecular weight excluding hydrogens is 444 g/mol. The molecule has 0 unspecified atom stereocenters. The topological polar surface area (TPSA) is 102 Å². The van der Waals surface area contributed by atoms with E-state index in [2.05, 4.69) is 31.7 Å². The Bertz CT molecular complexity index is 1360. The molecule has 10 heteroatoms. The number of rotatable bonds is 5. The first-order valence-electron chi connectivity index (χ1n) is 11.8. The predicted molar refractivity (Wildman–Crippen MR) is 132 cm³/mol. The highest BCUT2D eigenvalue weighted by Crippen LogP contribution is 2.28. The van der Waals surface area contributed by atoms with Crippen LogP contribution in [0.25, 0.3) is 16.8 Å². The van der Waals surface area contributed by atoms with Crippen LogP contribution in [-0.4, -0.2) is 61.8 Å². The zero-order valence-corrected chi connectivity index (χ0v) is 20.5. The van der Waals surface area contributed by atoms with Crippen molar-refractivity contribution in [1.29, 1.82) is 0 Å². The van der Waals surface area contributed by atoms with E-state index >= 15 is 0 Å². The van der Waals surface area contributed by atoms with E-state index in [0.717, 1.165) is 46.8 Å². The molecule has 1 amide bonds. The normalized spacial score (nSPS) is 14.5. The molecule has 10 nitrogen and oxygen atoms in total. The van der Waals surface area contributed by atoms with Crippen molar-refractivity contribution in [2.24, 2.45) is 0 Å². The summed E-state index contributed by atoms with van der Waals surface area (Å²) in [6.45, 7) is 11.5. The summed E-state index contributed by atoms with van der Waals surface area (Å²) in [5, 5.41) is 15.5. The maximum atomic E-state index is 12.6. The second-order valence-corrected chi connectivity index (χ2v) is 9.75. The molecule has 0 radical (unpaired) electrons. The molecule has 0 saturated carbocycles. The van der Waals surface area contributed by atoms with Crippen LogP contribution in [0, 0.1) is 6.92 Å². The van der Waals surface area contributed by atoms with Crippen molar-refractivity contribution in [1.82, 2.24) is 34.9 Å². The second-order valence-electron chi connectivity index (χ2n) is 9.75.